The van der Waals surface area contributed by atoms with Crippen LogP contribution in [0.3, 0.4) is 0 Å². The Balaban J connectivity index is 2.03. The molecule has 0 bridgehead atoms. The molecule has 0 aromatic heterocycles. The summed E-state index contributed by atoms with van der Waals surface area (Å²) < 4.78 is 23.8. The van der Waals surface area contributed by atoms with E-state index in [1.165, 1.54) is 0 Å². The molecule has 2 aromatic rings. The molecule has 0 spiro atoms. The minimum atomic E-state index is -2.62. The largest absolute Gasteiger partial charge is 0.419 e. The summed E-state index contributed by atoms with van der Waals surface area (Å²) in [6, 6.07) is 14.2. The minimum absolute atomic E-state index is 0.484. The number of halogens is 2. The van der Waals surface area contributed by atoms with Crippen molar-refractivity contribution in [1.82, 2.24) is 0 Å². The molecule has 6 heteroatoms. The molecule has 0 aliphatic rings. The number of rotatable bonds is 4. The van der Waals surface area contributed by atoms with Gasteiger partial charge in [-0.15, -0.1) is 0 Å². The van der Waals surface area contributed by atoms with Crippen molar-refractivity contribution < 1.29 is 13.6 Å². The first-order chi connectivity index (χ1) is 8.65. The van der Waals surface area contributed by atoms with Gasteiger partial charge >= 0.3 is 8.25 Å². The average Bonchev–Trinajstić information content (AvgIpc) is 2.34. The Morgan fingerprint density at radius 3 is 2.33 bits per heavy atom. The molecule has 0 radical (unpaired) electrons. The molecule has 2 rings (SSSR count). The highest BCUT2D eigenvalue weighted by Crippen LogP contribution is 2.36. The van der Waals surface area contributed by atoms with Crippen LogP contribution in [0, 0.1) is 0 Å². The summed E-state index contributed by atoms with van der Waals surface area (Å²) >= 11 is 6.66. The van der Waals surface area contributed by atoms with Crippen LogP contribution in [0.15, 0.2) is 57.5 Å². The van der Waals surface area contributed by atoms with E-state index in [4.69, 9.17) is 9.05 Å². The SMILES string of the molecule is O=[PH](Oc1ccccc1)Oc1ccc(Br)cc1Br. The van der Waals surface area contributed by atoms with Crippen LogP contribution < -0.4 is 9.05 Å². The van der Waals surface area contributed by atoms with Gasteiger partial charge in [0.1, 0.15) is 11.5 Å². The second-order valence-corrected chi connectivity index (χ2v) is 6.02. The van der Waals surface area contributed by atoms with E-state index in [0.717, 1.165) is 4.47 Å². The van der Waals surface area contributed by atoms with E-state index < -0.39 is 8.25 Å². The van der Waals surface area contributed by atoms with Crippen molar-refractivity contribution in [3.05, 3.63) is 57.5 Å². The zero-order valence-electron chi connectivity index (χ0n) is 9.10. The molecule has 0 aliphatic carbocycles. The van der Waals surface area contributed by atoms with Crippen molar-refractivity contribution in [2.45, 2.75) is 0 Å². The summed E-state index contributed by atoms with van der Waals surface area (Å²) in [4.78, 5) is 0. The molecule has 0 heterocycles. The predicted molar refractivity (Wildman–Crippen MR) is 78.5 cm³/mol. The van der Waals surface area contributed by atoms with Crippen LogP contribution >= 0.6 is 40.1 Å². The van der Waals surface area contributed by atoms with Gasteiger partial charge in [-0.3, -0.25) is 0 Å². The zero-order valence-corrected chi connectivity index (χ0v) is 13.3. The lowest BCUT2D eigenvalue weighted by Crippen LogP contribution is -1.89. The summed E-state index contributed by atoms with van der Waals surface area (Å²) in [6.07, 6.45) is 0. The second-order valence-electron chi connectivity index (χ2n) is 3.34. The molecular formula is C12H9Br2O3P. The van der Waals surface area contributed by atoms with E-state index in [9.17, 15) is 4.57 Å². The van der Waals surface area contributed by atoms with Gasteiger partial charge < -0.3 is 9.05 Å². The van der Waals surface area contributed by atoms with Crippen LogP contribution in [0.4, 0.5) is 0 Å². The standard InChI is InChI=1S/C12H9Br2O3P/c13-9-6-7-12(11(14)8-9)17-18(15)16-10-4-2-1-3-5-10/h1-8,18H. The van der Waals surface area contributed by atoms with Crippen LogP contribution in [-0.4, -0.2) is 0 Å². The van der Waals surface area contributed by atoms with Crippen LogP contribution in [0.5, 0.6) is 11.5 Å². The maximum absolute atomic E-state index is 11.7. The Bertz CT molecular complexity index is 561. The minimum Gasteiger partial charge on any atom is -0.418 e. The Kier molecular flexibility index (Phi) is 4.87. The summed E-state index contributed by atoms with van der Waals surface area (Å²) in [5.41, 5.74) is 0. The Labute approximate surface area is 122 Å². The van der Waals surface area contributed by atoms with Crippen molar-refractivity contribution >= 4 is 40.1 Å². The van der Waals surface area contributed by atoms with E-state index in [0.29, 0.717) is 16.0 Å². The van der Waals surface area contributed by atoms with Gasteiger partial charge in [0.15, 0.2) is 0 Å². The van der Waals surface area contributed by atoms with E-state index in [-0.39, 0.29) is 0 Å². The molecular weight excluding hydrogens is 383 g/mol. The van der Waals surface area contributed by atoms with Gasteiger partial charge in [0.25, 0.3) is 0 Å². The molecule has 0 saturated carbocycles. The van der Waals surface area contributed by atoms with E-state index in [1.807, 2.05) is 12.1 Å². The third-order valence-electron chi connectivity index (χ3n) is 2.03. The molecule has 0 fully saturated rings. The molecule has 0 N–H and O–H groups in total. The highest BCUT2D eigenvalue weighted by atomic mass is 79.9. The second kappa shape index (κ2) is 6.41. The van der Waals surface area contributed by atoms with E-state index in [2.05, 4.69) is 31.9 Å². The van der Waals surface area contributed by atoms with Gasteiger partial charge in [0, 0.05) is 4.47 Å². The summed E-state index contributed by atoms with van der Waals surface area (Å²) in [5.74, 6) is 1.01. The highest BCUT2D eigenvalue weighted by molar-refractivity contribution is 9.11. The smallest absolute Gasteiger partial charge is 0.418 e. The molecule has 94 valence electrons. The quantitative estimate of drug-likeness (QED) is 0.683. The maximum Gasteiger partial charge on any atom is 0.419 e. The number of benzene rings is 2. The lowest BCUT2D eigenvalue weighted by molar-refractivity contribution is 0.414. The third kappa shape index (κ3) is 3.87. The lowest BCUT2D eigenvalue weighted by atomic mass is 10.3. The fraction of sp³-hybridized carbons (Fsp3) is 0. The van der Waals surface area contributed by atoms with Gasteiger partial charge in [-0.05, 0) is 46.3 Å². The van der Waals surface area contributed by atoms with Crippen LogP contribution in [0.1, 0.15) is 0 Å². The molecule has 0 amide bonds. The molecule has 1 unspecified atom stereocenters. The van der Waals surface area contributed by atoms with Gasteiger partial charge in [-0.25, -0.2) is 4.57 Å². The monoisotopic (exact) mass is 390 g/mol. The summed E-state index contributed by atoms with van der Waals surface area (Å²) in [6.45, 7) is 0. The fourth-order valence-corrected chi connectivity index (χ4v) is 3.26. The Morgan fingerprint density at radius 1 is 0.944 bits per heavy atom. The van der Waals surface area contributed by atoms with E-state index in [1.54, 1.807) is 36.4 Å². The van der Waals surface area contributed by atoms with Crippen molar-refractivity contribution in [2.24, 2.45) is 0 Å². The van der Waals surface area contributed by atoms with Gasteiger partial charge in [0.05, 0.1) is 4.47 Å². The molecule has 1 atom stereocenters. The topological polar surface area (TPSA) is 35.5 Å². The first kappa shape index (κ1) is 13.7. The first-order valence-electron chi connectivity index (χ1n) is 5.05. The van der Waals surface area contributed by atoms with E-state index >= 15 is 0 Å². The fourth-order valence-electron chi connectivity index (χ4n) is 1.25. The molecule has 0 aliphatic heterocycles. The van der Waals surface area contributed by atoms with Crippen LogP contribution in [-0.2, 0) is 4.57 Å². The van der Waals surface area contributed by atoms with Gasteiger partial charge in [-0.1, -0.05) is 34.1 Å². The number of hydrogen-bond acceptors (Lipinski definition) is 3. The summed E-state index contributed by atoms with van der Waals surface area (Å²) in [7, 11) is -2.62. The van der Waals surface area contributed by atoms with Crippen molar-refractivity contribution in [1.29, 1.82) is 0 Å². The summed E-state index contributed by atoms with van der Waals surface area (Å²) in [5, 5.41) is 0. The maximum atomic E-state index is 11.7. The normalized spacial score (nSPS) is 11.9. The first-order valence-corrected chi connectivity index (χ1v) is 7.86. The van der Waals surface area contributed by atoms with Crippen LogP contribution in [0.2, 0.25) is 0 Å². The number of hydrogen-bond donors (Lipinski definition) is 0. The molecule has 18 heavy (non-hydrogen) atoms. The lowest BCUT2D eigenvalue weighted by Gasteiger charge is -2.09. The van der Waals surface area contributed by atoms with Gasteiger partial charge in [0.2, 0.25) is 0 Å². The van der Waals surface area contributed by atoms with Crippen molar-refractivity contribution in [2.75, 3.05) is 0 Å². The predicted octanol–water partition coefficient (Wildman–Crippen LogP) is 5.06. The highest BCUT2D eigenvalue weighted by Gasteiger charge is 2.07. The average molecular weight is 392 g/mol. The van der Waals surface area contributed by atoms with Crippen molar-refractivity contribution in [3.63, 3.8) is 0 Å². The Morgan fingerprint density at radius 2 is 1.67 bits per heavy atom. The Hall–Kier alpha value is -0.770. The zero-order chi connectivity index (χ0) is 13.0. The van der Waals surface area contributed by atoms with Crippen molar-refractivity contribution in [3.8, 4) is 11.5 Å². The number of para-hydroxylation sites is 1. The molecule has 2 aromatic carbocycles. The van der Waals surface area contributed by atoms with Crippen LogP contribution in [0.25, 0.3) is 0 Å². The van der Waals surface area contributed by atoms with Gasteiger partial charge in [-0.2, -0.15) is 0 Å². The molecule has 3 nitrogen and oxygen atoms in total. The molecule has 0 saturated heterocycles. The third-order valence-corrected chi connectivity index (χ3v) is 3.93.